The fourth-order valence-electron chi connectivity index (χ4n) is 2.86. The molecule has 0 bridgehead atoms. The summed E-state index contributed by atoms with van der Waals surface area (Å²) in [6.45, 7) is 2.24. The van der Waals surface area contributed by atoms with Gasteiger partial charge in [-0.05, 0) is 36.3 Å². The first-order valence-electron chi connectivity index (χ1n) is 7.02. The Morgan fingerprint density at radius 3 is 2.33 bits per heavy atom. The molecule has 0 atom stereocenters. The molecule has 0 aliphatic heterocycles. The van der Waals surface area contributed by atoms with Gasteiger partial charge in [0.1, 0.15) is 0 Å². The molecule has 2 rings (SSSR count). The van der Waals surface area contributed by atoms with E-state index in [2.05, 4.69) is 6.92 Å². The van der Waals surface area contributed by atoms with Gasteiger partial charge in [-0.2, -0.15) is 0 Å². The van der Waals surface area contributed by atoms with Crippen molar-refractivity contribution in [3.05, 3.63) is 35.5 Å². The van der Waals surface area contributed by atoms with Crippen molar-refractivity contribution in [3.63, 3.8) is 0 Å². The molecule has 1 N–H and O–H groups in total. The molecular weight excluding hydrogens is 224 g/mol. The first kappa shape index (κ1) is 13.1. The standard InChI is InChI=1S/C16H22O2/c1-2-3-4-5-12-10-14-8-6-13(16(17)18)7-9-15(14)11-12/h6-9,12-13H,2-5,10-11H2,1H3,(H,17,18). The monoisotopic (exact) mass is 246 g/mol. The lowest BCUT2D eigenvalue weighted by Crippen LogP contribution is -2.07. The molecule has 2 aliphatic carbocycles. The second-order valence-electron chi connectivity index (χ2n) is 5.40. The molecule has 0 fully saturated rings. The van der Waals surface area contributed by atoms with Gasteiger partial charge in [-0.25, -0.2) is 0 Å². The van der Waals surface area contributed by atoms with E-state index in [0.717, 1.165) is 18.8 Å². The maximum Gasteiger partial charge on any atom is 0.314 e. The Bertz CT molecular complexity index is 375. The fraction of sp³-hybridized carbons (Fsp3) is 0.562. The average molecular weight is 246 g/mol. The average Bonchev–Trinajstić information content (AvgIpc) is 2.61. The van der Waals surface area contributed by atoms with Gasteiger partial charge in [-0.1, -0.05) is 50.5 Å². The van der Waals surface area contributed by atoms with Crippen LogP contribution in [0.25, 0.3) is 0 Å². The molecule has 18 heavy (non-hydrogen) atoms. The van der Waals surface area contributed by atoms with E-state index in [1.807, 2.05) is 24.3 Å². The molecule has 0 amide bonds. The Labute approximate surface area is 109 Å². The summed E-state index contributed by atoms with van der Waals surface area (Å²) in [5, 5.41) is 9.00. The number of carboxylic acids is 1. The van der Waals surface area contributed by atoms with E-state index in [0.29, 0.717) is 0 Å². The lowest BCUT2D eigenvalue weighted by Gasteiger charge is -2.09. The zero-order valence-electron chi connectivity index (χ0n) is 11.1. The van der Waals surface area contributed by atoms with Gasteiger partial charge in [0, 0.05) is 0 Å². The highest BCUT2D eigenvalue weighted by Gasteiger charge is 2.23. The summed E-state index contributed by atoms with van der Waals surface area (Å²) in [5.41, 5.74) is 2.72. The molecule has 2 nitrogen and oxygen atoms in total. The Morgan fingerprint density at radius 1 is 1.22 bits per heavy atom. The number of allylic oxidation sites excluding steroid dienone is 4. The molecule has 0 saturated heterocycles. The van der Waals surface area contributed by atoms with Crippen molar-refractivity contribution in [3.8, 4) is 0 Å². The Morgan fingerprint density at radius 2 is 1.83 bits per heavy atom. The lowest BCUT2D eigenvalue weighted by atomic mass is 9.96. The molecule has 0 radical (unpaired) electrons. The number of hydrogen-bond donors (Lipinski definition) is 1. The van der Waals surface area contributed by atoms with Gasteiger partial charge in [-0.15, -0.1) is 0 Å². The fourth-order valence-corrected chi connectivity index (χ4v) is 2.86. The first-order valence-corrected chi connectivity index (χ1v) is 7.02. The van der Waals surface area contributed by atoms with Crippen LogP contribution in [0.15, 0.2) is 35.5 Å². The van der Waals surface area contributed by atoms with E-state index in [-0.39, 0.29) is 0 Å². The van der Waals surface area contributed by atoms with Gasteiger partial charge in [0.15, 0.2) is 0 Å². The van der Waals surface area contributed by atoms with Crippen LogP contribution in [0, 0.1) is 11.8 Å². The van der Waals surface area contributed by atoms with E-state index in [4.69, 9.17) is 5.11 Å². The van der Waals surface area contributed by atoms with Crippen LogP contribution in [0.2, 0.25) is 0 Å². The number of carbonyl (C=O) groups is 1. The van der Waals surface area contributed by atoms with Gasteiger partial charge in [0.2, 0.25) is 0 Å². The molecule has 0 aromatic carbocycles. The minimum absolute atomic E-state index is 0.450. The number of rotatable bonds is 5. The van der Waals surface area contributed by atoms with Crippen LogP contribution >= 0.6 is 0 Å². The molecule has 0 unspecified atom stereocenters. The third kappa shape index (κ3) is 3.12. The first-order chi connectivity index (χ1) is 8.70. The van der Waals surface area contributed by atoms with Crippen molar-refractivity contribution in [1.82, 2.24) is 0 Å². The summed E-state index contributed by atoms with van der Waals surface area (Å²) in [4.78, 5) is 10.9. The van der Waals surface area contributed by atoms with Crippen LogP contribution in [0.3, 0.4) is 0 Å². The smallest absolute Gasteiger partial charge is 0.314 e. The highest BCUT2D eigenvalue weighted by atomic mass is 16.4. The summed E-state index contributed by atoms with van der Waals surface area (Å²) in [6.07, 6.45) is 15.2. The van der Waals surface area contributed by atoms with Crippen molar-refractivity contribution < 1.29 is 9.90 Å². The molecule has 0 spiro atoms. The van der Waals surface area contributed by atoms with Gasteiger partial charge >= 0.3 is 5.97 Å². The minimum Gasteiger partial charge on any atom is -0.481 e. The lowest BCUT2D eigenvalue weighted by molar-refractivity contribution is -0.138. The quantitative estimate of drug-likeness (QED) is 0.741. The SMILES string of the molecule is CCCCCC1CC2=C(C=CC(C(=O)O)C=C2)C1. The van der Waals surface area contributed by atoms with Crippen molar-refractivity contribution in [1.29, 1.82) is 0 Å². The second-order valence-corrected chi connectivity index (χ2v) is 5.40. The largest absolute Gasteiger partial charge is 0.481 e. The zero-order chi connectivity index (χ0) is 13.0. The highest BCUT2D eigenvalue weighted by Crippen LogP contribution is 2.37. The summed E-state index contributed by atoms with van der Waals surface area (Å²) >= 11 is 0. The van der Waals surface area contributed by atoms with Crippen molar-refractivity contribution in [2.75, 3.05) is 0 Å². The van der Waals surface area contributed by atoms with Crippen LogP contribution in [0.5, 0.6) is 0 Å². The van der Waals surface area contributed by atoms with Gasteiger partial charge < -0.3 is 5.11 Å². The Kier molecular flexibility index (Phi) is 4.40. The Balaban J connectivity index is 1.91. The minimum atomic E-state index is -0.761. The predicted molar refractivity (Wildman–Crippen MR) is 73.3 cm³/mol. The normalized spacial score (nSPS) is 20.3. The maximum absolute atomic E-state index is 10.9. The summed E-state index contributed by atoms with van der Waals surface area (Å²) < 4.78 is 0. The van der Waals surface area contributed by atoms with E-state index >= 15 is 0 Å². The molecular formula is C16H22O2. The van der Waals surface area contributed by atoms with E-state index in [1.54, 1.807) is 0 Å². The van der Waals surface area contributed by atoms with Crippen LogP contribution in [0.4, 0.5) is 0 Å². The summed E-state index contributed by atoms with van der Waals surface area (Å²) in [5.74, 6) is -0.436. The molecule has 0 heterocycles. The van der Waals surface area contributed by atoms with Crippen molar-refractivity contribution in [2.24, 2.45) is 11.8 Å². The number of hydrogen-bond acceptors (Lipinski definition) is 1. The highest BCUT2D eigenvalue weighted by molar-refractivity contribution is 5.75. The summed E-state index contributed by atoms with van der Waals surface area (Å²) in [6, 6.07) is 0. The topological polar surface area (TPSA) is 37.3 Å². The van der Waals surface area contributed by atoms with E-state index in [1.165, 1.54) is 36.8 Å². The molecule has 0 aromatic rings. The van der Waals surface area contributed by atoms with E-state index < -0.39 is 11.9 Å². The van der Waals surface area contributed by atoms with Crippen LogP contribution in [-0.2, 0) is 4.79 Å². The van der Waals surface area contributed by atoms with Crippen LogP contribution in [0.1, 0.15) is 45.4 Å². The van der Waals surface area contributed by atoms with Gasteiger partial charge in [0.05, 0.1) is 5.92 Å². The zero-order valence-corrected chi connectivity index (χ0v) is 11.1. The third-order valence-corrected chi connectivity index (χ3v) is 3.94. The third-order valence-electron chi connectivity index (χ3n) is 3.94. The molecule has 0 saturated carbocycles. The van der Waals surface area contributed by atoms with Crippen molar-refractivity contribution >= 4 is 5.97 Å². The number of carboxylic acid groups (broad SMARTS) is 1. The number of aliphatic carboxylic acids is 1. The molecule has 0 aromatic heterocycles. The van der Waals surface area contributed by atoms with Gasteiger partial charge in [-0.3, -0.25) is 4.79 Å². The molecule has 2 heteroatoms. The molecule has 2 aliphatic rings. The van der Waals surface area contributed by atoms with E-state index in [9.17, 15) is 4.79 Å². The summed E-state index contributed by atoms with van der Waals surface area (Å²) in [7, 11) is 0. The Hall–Kier alpha value is -1.31. The van der Waals surface area contributed by atoms with Crippen molar-refractivity contribution in [2.45, 2.75) is 45.4 Å². The van der Waals surface area contributed by atoms with Gasteiger partial charge in [0.25, 0.3) is 0 Å². The predicted octanol–water partition coefficient (Wildman–Crippen LogP) is 4.10. The van der Waals surface area contributed by atoms with Crippen LogP contribution < -0.4 is 0 Å². The second kappa shape index (κ2) is 6.03. The number of unbranched alkanes of at least 4 members (excludes halogenated alkanes) is 2. The molecule has 98 valence electrons. The van der Waals surface area contributed by atoms with Crippen LogP contribution in [-0.4, -0.2) is 11.1 Å². The maximum atomic E-state index is 10.9.